The van der Waals surface area contributed by atoms with Gasteiger partial charge in [-0.3, -0.25) is 14.9 Å². The van der Waals surface area contributed by atoms with Crippen LogP contribution in [0.5, 0.6) is 0 Å². The number of benzene rings is 1. The number of rotatable bonds is 6. The van der Waals surface area contributed by atoms with Gasteiger partial charge in [0.2, 0.25) is 5.91 Å². The van der Waals surface area contributed by atoms with Gasteiger partial charge >= 0.3 is 5.00 Å². The SMILES string of the molecule is O=C1CCCN1CCCNc1c([N+](=O)[O-])sc2ccccc12. The number of carbonyl (C=O) groups excluding carboxylic acids is 1. The van der Waals surface area contributed by atoms with Crippen LogP contribution >= 0.6 is 11.3 Å². The van der Waals surface area contributed by atoms with Crippen molar-refractivity contribution in [1.82, 2.24) is 4.90 Å². The van der Waals surface area contributed by atoms with Crippen molar-refractivity contribution in [2.75, 3.05) is 25.0 Å². The van der Waals surface area contributed by atoms with Gasteiger partial charge in [0.05, 0.1) is 4.92 Å². The summed E-state index contributed by atoms with van der Waals surface area (Å²) in [6.07, 6.45) is 2.37. The van der Waals surface area contributed by atoms with E-state index >= 15 is 0 Å². The molecule has 0 saturated carbocycles. The molecule has 1 saturated heterocycles. The van der Waals surface area contributed by atoms with Crippen molar-refractivity contribution >= 4 is 38.0 Å². The van der Waals surface area contributed by atoms with Crippen LogP contribution in [0.3, 0.4) is 0 Å². The van der Waals surface area contributed by atoms with Gasteiger partial charge in [0.15, 0.2) is 0 Å². The van der Waals surface area contributed by atoms with Gasteiger partial charge in [0.1, 0.15) is 5.69 Å². The average Bonchev–Trinajstić information content (AvgIpc) is 3.08. The monoisotopic (exact) mass is 319 g/mol. The van der Waals surface area contributed by atoms with Crippen LogP contribution in [0.15, 0.2) is 24.3 Å². The fourth-order valence-electron chi connectivity index (χ4n) is 2.76. The fraction of sp³-hybridized carbons (Fsp3) is 0.400. The van der Waals surface area contributed by atoms with Gasteiger partial charge in [-0.1, -0.05) is 29.5 Å². The highest BCUT2D eigenvalue weighted by atomic mass is 32.1. The van der Waals surface area contributed by atoms with Crippen molar-refractivity contribution < 1.29 is 9.72 Å². The van der Waals surface area contributed by atoms with Gasteiger partial charge < -0.3 is 10.2 Å². The first-order chi connectivity index (χ1) is 10.7. The van der Waals surface area contributed by atoms with E-state index in [0.717, 1.165) is 29.5 Å². The van der Waals surface area contributed by atoms with E-state index in [2.05, 4.69) is 5.32 Å². The summed E-state index contributed by atoms with van der Waals surface area (Å²) in [6, 6.07) is 7.55. The first kappa shape index (κ1) is 14.8. The second-order valence-electron chi connectivity index (χ2n) is 5.30. The molecule has 0 spiro atoms. The standard InChI is InChI=1S/C15H17N3O3S/c19-13-7-3-9-17(13)10-4-8-16-14-11-5-1-2-6-12(11)22-15(14)18(20)21/h1-2,5-6,16H,3-4,7-10H2. The van der Waals surface area contributed by atoms with E-state index in [1.807, 2.05) is 29.2 Å². The summed E-state index contributed by atoms with van der Waals surface area (Å²) >= 11 is 1.19. The maximum absolute atomic E-state index is 11.5. The lowest BCUT2D eigenvalue weighted by atomic mass is 10.2. The van der Waals surface area contributed by atoms with E-state index < -0.39 is 0 Å². The molecule has 1 aromatic carbocycles. The first-order valence-electron chi connectivity index (χ1n) is 7.34. The number of carbonyl (C=O) groups is 1. The number of anilines is 1. The van der Waals surface area contributed by atoms with E-state index in [4.69, 9.17) is 0 Å². The van der Waals surface area contributed by atoms with Gasteiger partial charge in [-0.15, -0.1) is 0 Å². The molecule has 3 rings (SSSR count). The summed E-state index contributed by atoms with van der Waals surface area (Å²) in [5.41, 5.74) is 0.596. The molecular weight excluding hydrogens is 302 g/mol. The molecule has 6 nitrogen and oxygen atoms in total. The van der Waals surface area contributed by atoms with Crippen molar-refractivity contribution in [3.8, 4) is 0 Å². The molecule has 1 N–H and O–H groups in total. The van der Waals surface area contributed by atoms with Crippen LogP contribution < -0.4 is 5.32 Å². The molecule has 116 valence electrons. The highest BCUT2D eigenvalue weighted by Gasteiger charge is 2.22. The summed E-state index contributed by atoms with van der Waals surface area (Å²) in [5, 5.41) is 15.4. The van der Waals surface area contributed by atoms with Crippen molar-refractivity contribution in [2.24, 2.45) is 0 Å². The Hall–Kier alpha value is -2.15. The summed E-state index contributed by atoms with van der Waals surface area (Å²) in [4.78, 5) is 24.3. The molecule has 0 radical (unpaired) electrons. The van der Waals surface area contributed by atoms with Gasteiger partial charge in [0, 0.05) is 36.1 Å². The predicted molar refractivity (Wildman–Crippen MR) is 87.4 cm³/mol. The van der Waals surface area contributed by atoms with Crippen LogP contribution in [0.4, 0.5) is 10.7 Å². The summed E-state index contributed by atoms with van der Waals surface area (Å²) in [6.45, 7) is 2.16. The van der Waals surface area contributed by atoms with Crippen LogP contribution in [-0.2, 0) is 4.79 Å². The number of likely N-dealkylation sites (tertiary alicyclic amines) is 1. The van der Waals surface area contributed by atoms with E-state index in [0.29, 0.717) is 25.2 Å². The minimum atomic E-state index is -0.336. The Morgan fingerprint density at radius 3 is 2.91 bits per heavy atom. The van der Waals surface area contributed by atoms with Gasteiger partial charge in [0.25, 0.3) is 0 Å². The van der Waals surface area contributed by atoms with Crippen LogP contribution in [0.2, 0.25) is 0 Å². The summed E-state index contributed by atoms with van der Waals surface area (Å²) in [7, 11) is 0. The number of hydrogen-bond donors (Lipinski definition) is 1. The van der Waals surface area contributed by atoms with Crippen LogP contribution in [-0.4, -0.2) is 35.4 Å². The zero-order valence-corrected chi connectivity index (χ0v) is 12.9. The van der Waals surface area contributed by atoms with Crippen molar-refractivity contribution in [3.63, 3.8) is 0 Å². The smallest absolute Gasteiger partial charge is 0.348 e. The highest BCUT2D eigenvalue weighted by Crippen LogP contribution is 2.41. The second kappa shape index (κ2) is 6.31. The molecule has 0 unspecified atom stereocenters. The third-order valence-electron chi connectivity index (χ3n) is 3.82. The molecule has 0 aliphatic carbocycles. The molecule has 0 atom stereocenters. The van der Waals surface area contributed by atoms with E-state index in [9.17, 15) is 14.9 Å². The Kier molecular flexibility index (Phi) is 4.24. The number of amides is 1. The molecule has 0 bridgehead atoms. The van der Waals surface area contributed by atoms with Crippen LogP contribution in [0.1, 0.15) is 19.3 Å². The van der Waals surface area contributed by atoms with E-state index in [1.165, 1.54) is 11.3 Å². The molecular formula is C15H17N3O3S. The minimum Gasteiger partial charge on any atom is -0.378 e. The van der Waals surface area contributed by atoms with E-state index in [1.54, 1.807) is 0 Å². The number of thiophene rings is 1. The Bertz CT molecular complexity index is 713. The minimum absolute atomic E-state index is 0.151. The Labute approximate surface area is 131 Å². The van der Waals surface area contributed by atoms with Crippen LogP contribution in [0, 0.1) is 10.1 Å². The second-order valence-corrected chi connectivity index (χ2v) is 6.33. The topological polar surface area (TPSA) is 75.5 Å². The maximum atomic E-state index is 11.5. The number of nitrogens with zero attached hydrogens (tertiary/aromatic N) is 2. The third-order valence-corrected chi connectivity index (χ3v) is 4.94. The Morgan fingerprint density at radius 1 is 1.36 bits per heavy atom. The van der Waals surface area contributed by atoms with Crippen molar-refractivity contribution in [3.05, 3.63) is 34.4 Å². The van der Waals surface area contributed by atoms with Crippen molar-refractivity contribution in [1.29, 1.82) is 0 Å². The Morgan fingerprint density at radius 2 is 2.18 bits per heavy atom. The lowest BCUT2D eigenvalue weighted by molar-refractivity contribution is -0.379. The summed E-state index contributed by atoms with van der Waals surface area (Å²) < 4.78 is 0.909. The van der Waals surface area contributed by atoms with E-state index in [-0.39, 0.29) is 15.8 Å². The molecule has 1 fully saturated rings. The number of nitrogens with one attached hydrogen (secondary N) is 1. The molecule has 1 aromatic heterocycles. The number of nitro groups is 1. The third kappa shape index (κ3) is 2.89. The molecule has 22 heavy (non-hydrogen) atoms. The lowest BCUT2D eigenvalue weighted by Crippen LogP contribution is -2.26. The molecule has 7 heteroatoms. The molecule has 1 aliphatic heterocycles. The molecule has 1 amide bonds. The average molecular weight is 319 g/mol. The van der Waals surface area contributed by atoms with Gasteiger partial charge in [-0.2, -0.15) is 0 Å². The highest BCUT2D eigenvalue weighted by molar-refractivity contribution is 7.23. The molecule has 1 aliphatic rings. The zero-order chi connectivity index (χ0) is 15.5. The zero-order valence-electron chi connectivity index (χ0n) is 12.1. The van der Waals surface area contributed by atoms with Gasteiger partial charge in [-0.05, 0) is 18.9 Å². The largest absolute Gasteiger partial charge is 0.378 e. The maximum Gasteiger partial charge on any atom is 0.348 e. The number of fused-ring (bicyclic) bond motifs is 1. The fourth-order valence-corrected chi connectivity index (χ4v) is 3.75. The predicted octanol–water partition coefficient (Wildman–Crippen LogP) is 3.23. The van der Waals surface area contributed by atoms with Crippen LogP contribution in [0.25, 0.3) is 10.1 Å². The normalized spacial score (nSPS) is 14.7. The van der Waals surface area contributed by atoms with Crippen molar-refractivity contribution in [2.45, 2.75) is 19.3 Å². The molecule has 2 heterocycles. The summed E-state index contributed by atoms with van der Waals surface area (Å²) in [5.74, 6) is 0.215. The quantitative estimate of drug-likeness (QED) is 0.504. The number of hydrogen-bond acceptors (Lipinski definition) is 5. The first-order valence-corrected chi connectivity index (χ1v) is 8.16. The lowest BCUT2D eigenvalue weighted by Gasteiger charge is -2.15. The Balaban J connectivity index is 1.66. The van der Waals surface area contributed by atoms with Gasteiger partial charge in [-0.25, -0.2) is 0 Å². The molecule has 2 aromatic rings.